The molecule has 2 aliphatic carbocycles. The third-order valence-electron chi connectivity index (χ3n) is 6.33. The van der Waals surface area contributed by atoms with Gasteiger partial charge in [-0.15, -0.1) is 0 Å². The molecule has 1 aromatic rings. The van der Waals surface area contributed by atoms with Crippen molar-refractivity contribution in [1.82, 2.24) is 16.0 Å². The molecule has 1 aromatic carbocycles. The molecule has 0 spiro atoms. The van der Waals surface area contributed by atoms with Gasteiger partial charge in [0.05, 0.1) is 6.54 Å². The largest absolute Gasteiger partial charge is 0.480 e. The number of nitrogens with one attached hydrogen (secondary N) is 3. The summed E-state index contributed by atoms with van der Waals surface area (Å²) >= 11 is 0. The van der Waals surface area contributed by atoms with E-state index in [1.807, 2.05) is 18.2 Å². The van der Waals surface area contributed by atoms with Crippen LogP contribution in [0.4, 0.5) is 9.59 Å². The molecular formula is C28H45N3O6. The highest BCUT2D eigenvalue weighted by molar-refractivity contribution is 5.81. The van der Waals surface area contributed by atoms with Gasteiger partial charge < -0.3 is 30.5 Å². The number of carboxylic acids is 1. The molecule has 2 saturated carbocycles. The Morgan fingerprint density at radius 3 is 1.92 bits per heavy atom. The quantitative estimate of drug-likeness (QED) is 0.375. The molecule has 4 N–H and O–H groups in total. The van der Waals surface area contributed by atoms with E-state index in [0.29, 0.717) is 0 Å². The predicted molar refractivity (Wildman–Crippen MR) is 142 cm³/mol. The maximum absolute atomic E-state index is 11.6. The highest BCUT2D eigenvalue weighted by Gasteiger charge is 2.24. The zero-order valence-electron chi connectivity index (χ0n) is 22.6. The number of aliphatic carboxylic acids is 1. The third kappa shape index (κ3) is 13.9. The summed E-state index contributed by atoms with van der Waals surface area (Å²) in [6, 6.07) is 9.44. The second kappa shape index (κ2) is 16.1. The number of benzene rings is 1. The minimum Gasteiger partial charge on any atom is -0.480 e. The SMILES string of the molecule is C1CCC(NC2CCCCC2)CC1.CC(C)(C)OC(=O)N[C@@H](CNC(=O)OCc1ccccc1)C(=O)O. The third-order valence-corrected chi connectivity index (χ3v) is 6.33. The maximum Gasteiger partial charge on any atom is 0.408 e. The Bertz CT molecular complexity index is 799. The molecule has 0 heterocycles. The van der Waals surface area contributed by atoms with Crippen LogP contribution in [0.25, 0.3) is 0 Å². The lowest BCUT2D eigenvalue weighted by molar-refractivity contribution is -0.139. The van der Waals surface area contributed by atoms with Gasteiger partial charge in [0.1, 0.15) is 18.2 Å². The number of rotatable bonds is 8. The lowest BCUT2D eigenvalue weighted by Crippen LogP contribution is -2.49. The minimum atomic E-state index is -1.33. The molecule has 37 heavy (non-hydrogen) atoms. The van der Waals surface area contributed by atoms with Crippen LogP contribution in [0.15, 0.2) is 30.3 Å². The average Bonchev–Trinajstić information content (AvgIpc) is 2.86. The molecule has 9 nitrogen and oxygen atoms in total. The van der Waals surface area contributed by atoms with Crippen molar-refractivity contribution in [3.63, 3.8) is 0 Å². The van der Waals surface area contributed by atoms with Gasteiger partial charge in [-0.25, -0.2) is 14.4 Å². The lowest BCUT2D eigenvalue weighted by atomic mass is 9.91. The van der Waals surface area contributed by atoms with Crippen LogP contribution < -0.4 is 16.0 Å². The van der Waals surface area contributed by atoms with Crippen molar-refractivity contribution in [2.75, 3.05) is 6.54 Å². The van der Waals surface area contributed by atoms with Gasteiger partial charge in [0.25, 0.3) is 0 Å². The van der Waals surface area contributed by atoms with E-state index >= 15 is 0 Å². The van der Waals surface area contributed by atoms with Crippen LogP contribution in [0.1, 0.15) is 90.5 Å². The second-order valence-corrected chi connectivity index (χ2v) is 10.8. The molecule has 0 aliphatic heterocycles. The first-order valence-corrected chi connectivity index (χ1v) is 13.6. The highest BCUT2D eigenvalue weighted by Crippen LogP contribution is 2.22. The van der Waals surface area contributed by atoms with E-state index in [-0.39, 0.29) is 13.2 Å². The van der Waals surface area contributed by atoms with Crippen molar-refractivity contribution in [1.29, 1.82) is 0 Å². The van der Waals surface area contributed by atoms with Gasteiger partial charge in [-0.05, 0) is 52.0 Å². The van der Waals surface area contributed by atoms with Crippen LogP contribution >= 0.6 is 0 Å². The monoisotopic (exact) mass is 519 g/mol. The molecule has 0 saturated heterocycles. The first-order chi connectivity index (χ1) is 17.6. The second-order valence-electron chi connectivity index (χ2n) is 10.8. The molecule has 0 unspecified atom stereocenters. The Morgan fingerprint density at radius 1 is 0.892 bits per heavy atom. The first kappa shape index (κ1) is 30.4. The van der Waals surface area contributed by atoms with E-state index in [2.05, 4.69) is 16.0 Å². The normalized spacial score (nSPS) is 17.5. The first-order valence-electron chi connectivity index (χ1n) is 13.6. The summed E-state index contributed by atoms with van der Waals surface area (Å²) in [5.74, 6) is -1.30. The predicted octanol–water partition coefficient (Wildman–Crippen LogP) is 5.13. The number of alkyl carbamates (subject to hydrolysis) is 2. The van der Waals surface area contributed by atoms with Crippen LogP contribution in [0, 0.1) is 0 Å². The van der Waals surface area contributed by atoms with E-state index in [0.717, 1.165) is 17.6 Å². The smallest absolute Gasteiger partial charge is 0.408 e. The van der Waals surface area contributed by atoms with Gasteiger partial charge in [-0.1, -0.05) is 68.9 Å². The summed E-state index contributed by atoms with van der Waals surface area (Å²) < 4.78 is 9.93. The van der Waals surface area contributed by atoms with Crippen molar-refractivity contribution in [3.8, 4) is 0 Å². The number of carbonyl (C=O) groups is 3. The molecule has 3 rings (SSSR count). The fourth-order valence-electron chi connectivity index (χ4n) is 4.48. The van der Waals surface area contributed by atoms with E-state index in [1.165, 1.54) is 64.2 Å². The van der Waals surface area contributed by atoms with Crippen LogP contribution in [-0.2, 0) is 20.9 Å². The molecule has 0 aromatic heterocycles. The molecule has 2 fully saturated rings. The Hall–Kier alpha value is -2.81. The number of carboxylic acid groups (broad SMARTS) is 1. The van der Waals surface area contributed by atoms with E-state index < -0.39 is 29.8 Å². The number of ether oxygens (including phenoxy) is 2. The van der Waals surface area contributed by atoms with E-state index in [4.69, 9.17) is 14.6 Å². The summed E-state index contributed by atoms with van der Waals surface area (Å²) in [6.07, 6.45) is 12.9. The van der Waals surface area contributed by atoms with Crippen LogP contribution in [0.3, 0.4) is 0 Å². The minimum absolute atomic E-state index is 0.0594. The number of hydrogen-bond donors (Lipinski definition) is 4. The van der Waals surface area contributed by atoms with Crippen molar-refractivity contribution in [2.45, 2.75) is 115 Å². The zero-order chi connectivity index (χ0) is 27.1. The lowest BCUT2D eigenvalue weighted by Gasteiger charge is -2.30. The Kier molecular flexibility index (Phi) is 13.3. The van der Waals surface area contributed by atoms with Crippen LogP contribution in [-0.4, -0.2) is 53.5 Å². The maximum atomic E-state index is 11.6. The standard InChI is InChI=1S/C16H22N2O6.C12H23N/c1-16(2,3)24-15(22)18-12(13(19)20)9-17-14(21)23-10-11-7-5-4-6-8-11;1-3-7-11(8-4-1)13-12-9-5-2-6-10-12/h4-8,12H,9-10H2,1-3H3,(H,17,21)(H,18,22)(H,19,20);11-13H,1-10H2/t12-;/m0./s1. The van der Waals surface area contributed by atoms with Crippen LogP contribution in [0.5, 0.6) is 0 Å². The van der Waals surface area contributed by atoms with Crippen LogP contribution in [0.2, 0.25) is 0 Å². The Morgan fingerprint density at radius 2 is 1.43 bits per heavy atom. The van der Waals surface area contributed by atoms with Gasteiger partial charge in [0.15, 0.2) is 0 Å². The molecule has 2 aliphatic rings. The molecule has 2 amide bonds. The summed E-state index contributed by atoms with van der Waals surface area (Å²) in [7, 11) is 0. The number of carbonyl (C=O) groups excluding carboxylic acids is 2. The van der Waals surface area contributed by atoms with Gasteiger partial charge in [0, 0.05) is 12.1 Å². The summed E-state index contributed by atoms with van der Waals surface area (Å²) in [4.78, 5) is 34.3. The molecule has 1 atom stereocenters. The Labute approximate surface area is 221 Å². The topological polar surface area (TPSA) is 126 Å². The van der Waals surface area contributed by atoms with Crippen molar-refractivity contribution in [2.24, 2.45) is 0 Å². The summed E-state index contributed by atoms with van der Waals surface area (Å²) in [5.41, 5.74) is 0.0455. The van der Waals surface area contributed by atoms with Crippen molar-refractivity contribution >= 4 is 18.2 Å². The molecule has 0 bridgehead atoms. The molecule has 9 heteroatoms. The summed E-state index contributed by atoms with van der Waals surface area (Å²) in [5, 5.41) is 17.4. The molecular weight excluding hydrogens is 474 g/mol. The fraction of sp³-hybridized carbons (Fsp3) is 0.679. The average molecular weight is 520 g/mol. The van der Waals surface area contributed by atoms with E-state index in [9.17, 15) is 14.4 Å². The number of amides is 2. The van der Waals surface area contributed by atoms with Crippen molar-refractivity contribution < 1.29 is 29.0 Å². The highest BCUT2D eigenvalue weighted by atomic mass is 16.6. The number of hydrogen-bond acceptors (Lipinski definition) is 6. The summed E-state index contributed by atoms with van der Waals surface area (Å²) in [6.45, 7) is 4.69. The van der Waals surface area contributed by atoms with Gasteiger partial charge >= 0.3 is 18.2 Å². The van der Waals surface area contributed by atoms with Gasteiger partial charge in [-0.2, -0.15) is 0 Å². The fourth-order valence-corrected chi connectivity index (χ4v) is 4.48. The van der Waals surface area contributed by atoms with E-state index in [1.54, 1.807) is 32.9 Å². The zero-order valence-corrected chi connectivity index (χ0v) is 22.6. The van der Waals surface area contributed by atoms with Crippen molar-refractivity contribution in [3.05, 3.63) is 35.9 Å². The van der Waals surface area contributed by atoms with Gasteiger partial charge in [-0.3, -0.25) is 0 Å². The Balaban J connectivity index is 0.000000308. The van der Waals surface area contributed by atoms with Gasteiger partial charge in [0.2, 0.25) is 0 Å². The molecule has 208 valence electrons. The molecule has 0 radical (unpaired) electrons.